The summed E-state index contributed by atoms with van der Waals surface area (Å²) in [6.07, 6.45) is -19.3. The molecule has 4 aliphatic heterocycles. The number of hydrogen-bond acceptors (Lipinski definition) is 19. The molecule has 19 nitrogen and oxygen atoms in total. The Bertz CT molecular complexity index is 1210. The summed E-state index contributed by atoms with van der Waals surface area (Å²) in [5.74, 6) is 0. The molecule has 0 bridgehead atoms. The van der Waals surface area contributed by atoms with E-state index in [1.165, 1.54) is 0 Å². The monoisotopic (exact) mass is 703 g/mol. The number of aliphatic hydroxyl groups excluding tert-OH is 6. The summed E-state index contributed by atoms with van der Waals surface area (Å²) < 4.78 is 47.5. The number of ether oxygens (including phenoxy) is 8. The van der Waals surface area contributed by atoms with E-state index in [2.05, 4.69) is 0 Å². The van der Waals surface area contributed by atoms with E-state index in [1.807, 2.05) is 30.3 Å². The second-order valence-corrected chi connectivity index (χ2v) is 13.2. The Morgan fingerprint density at radius 3 is 1.98 bits per heavy atom. The lowest BCUT2D eigenvalue weighted by Crippen LogP contribution is -2.69. The van der Waals surface area contributed by atoms with E-state index >= 15 is 0 Å². The van der Waals surface area contributed by atoms with E-state index < -0.39 is 129 Å². The molecule has 20 atom stereocenters. The number of rotatable bonds is 9. The second-order valence-electron chi connectivity index (χ2n) is 13.2. The van der Waals surface area contributed by atoms with Gasteiger partial charge in [0.25, 0.3) is 0 Å². The molecular formula is C30H49N5O14. The highest BCUT2D eigenvalue weighted by Crippen LogP contribution is 2.37. The molecule has 4 heterocycles. The lowest BCUT2D eigenvalue weighted by molar-refractivity contribution is -0.356. The molecule has 6 rings (SSSR count). The van der Waals surface area contributed by atoms with Crippen LogP contribution >= 0.6 is 0 Å². The van der Waals surface area contributed by atoms with Crippen LogP contribution in [0.25, 0.3) is 0 Å². The van der Waals surface area contributed by atoms with Crippen LogP contribution in [0.1, 0.15) is 18.3 Å². The lowest BCUT2D eigenvalue weighted by atomic mass is 9.84. The molecule has 5 aliphatic rings. The molecule has 0 radical (unpaired) electrons. The van der Waals surface area contributed by atoms with Gasteiger partial charge in [0, 0.05) is 24.2 Å². The molecule has 4 saturated heterocycles. The molecule has 1 aromatic rings. The van der Waals surface area contributed by atoms with Crippen molar-refractivity contribution in [3.8, 4) is 0 Å². The normalized spacial score (nSPS) is 50.6. The van der Waals surface area contributed by atoms with Gasteiger partial charge in [0.05, 0.1) is 31.4 Å². The summed E-state index contributed by atoms with van der Waals surface area (Å²) in [5, 5.41) is 64.3. The van der Waals surface area contributed by atoms with Crippen LogP contribution in [0.4, 0.5) is 0 Å². The molecule has 278 valence electrons. The fourth-order valence-corrected chi connectivity index (χ4v) is 6.99. The Balaban J connectivity index is 1.14. The van der Waals surface area contributed by atoms with Crippen molar-refractivity contribution in [2.75, 3.05) is 19.8 Å². The molecule has 1 saturated carbocycles. The van der Waals surface area contributed by atoms with Gasteiger partial charge in [-0.15, -0.1) is 0 Å². The van der Waals surface area contributed by atoms with Crippen LogP contribution in [-0.4, -0.2) is 167 Å². The molecular weight excluding hydrogens is 654 g/mol. The quantitative estimate of drug-likeness (QED) is 0.114. The maximum absolute atomic E-state index is 11.3. The fraction of sp³-hybridized carbons (Fsp3) is 0.800. The highest BCUT2D eigenvalue weighted by atomic mass is 16.8. The van der Waals surface area contributed by atoms with Crippen molar-refractivity contribution in [1.29, 1.82) is 0 Å². The summed E-state index contributed by atoms with van der Waals surface area (Å²) >= 11 is 0. The van der Waals surface area contributed by atoms with Gasteiger partial charge in [-0.05, 0) is 6.42 Å². The van der Waals surface area contributed by atoms with E-state index in [9.17, 15) is 30.6 Å². The molecule has 16 N–H and O–H groups in total. The number of fused-ring (bicyclic) bond motifs is 1. The third-order valence-electron chi connectivity index (χ3n) is 9.88. The van der Waals surface area contributed by atoms with Gasteiger partial charge < -0.3 is 97.2 Å². The van der Waals surface area contributed by atoms with E-state index in [4.69, 9.17) is 66.6 Å². The molecule has 0 spiro atoms. The van der Waals surface area contributed by atoms with Crippen molar-refractivity contribution in [1.82, 2.24) is 0 Å². The van der Waals surface area contributed by atoms with Crippen LogP contribution < -0.4 is 28.7 Å². The minimum Gasteiger partial charge on any atom is -0.394 e. The molecule has 0 aromatic heterocycles. The topological polar surface area (TPSA) is 325 Å². The highest BCUT2D eigenvalue weighted by Gasteiger charge is 2.55. The van der Waals surface area contributed by atoms with Gasteiger partial charge in [-0.2, -0.15) is 0 Å². The Morgan fingerprint density at radius 1 is 0.653 bits per heavy atom. The summed E-state index contributed by atoms with van der Waals surface area (Å²) in [4.78, 5) is 0. The van der Waals surface area contributed by atoms with Crippen LogP contribution in [0.3, 0.4) is 0 Å². The molecule has 19 heteroatoms. The predicted molar refractivity (Wildman–Crippen MR) is 163 cm³/mol. The summed E-state index contributed by atoms with van der Waals surface area (Å²) in [5.41, 5.74) is 31.5. The van der Waals surface area contributed by atoms with Gasteiger partial charge in [-0.3, -0.25) is 0 Å². The molecule has 5 fully saturated rings. The first kappa shape index (κ1) is 37.2. The third kappa shape index (κ3) is 7.39. The van der Waals surface area contributed by atoms with Crippen LogP contribution in [-0.2, 0) is 37.9 Å². The zero-order valence-corrected chi connectivity index (χ0v) is 26.6. The van der Waals surface area contributed by atoms with Crippen LogP contribution in [0.2, 0.25) is 0 Å². The number of hydrogen-bond donors (Lipinski definition) is 11. The maximum Gasteiger partial charge on any atom is 0.187 e. The minimum atomic E-state index is -1.60. The van der Waals surface area contributed by atoms with Gasteiger partial charge in [0.2, 0.25) is 0 Å². The van der Waals surface area contributed by atoms with E-state index in [-0.39, 0.29) is 19.6 Å². The van der Waals surface area contributed by atoms with Crippen LogP contribution in [0.5, 0.6) is 0 Å². The van der Waals surface area contributed by atoms with Crippen molar-refractivity contribution < 1.29 is 68.5 Å². The minimum absolute atomic E-state index is 0.0560. The van der Waals surface area contributed by atoms with Crippen LogP contribution in [0, 0.1) is 0 Å². The largest absolute Gasteiger partial charge is 0.394 e. The average molecular weight is 704 g/mol. The molecule has 1 aromatic carbocycles. The van der Waals surface area contributed by atoms with Gasteiger partial charge in [0.15, 0.2) is 25.2 Å². The number of nitrogens with two attached hydrogens (primary N) is 5. The van der Waals surface area contributed by atoms with Crippen molar-refractivity contribution >= 4 is 0 Å². The zero-order valence-electron chi connectivity index (χ0n) is 26.6. The predicted octanol–water partition coefficient (Wildman–Crippen LogP) is -6.10. The van der Waals surface area contributed by atoms with E-state index in [0.29, 0.717) is 0 Å². The maximum atomic E-state index is 11.3. The molecule has 49 heavy (non-hydrogen) atoms. The first-order valence-corrected chi connectivity index (χ1v) is 16.4. The molecule has 0 amide bonds. The highest BCUT2D eigenvalue weighted by molar-refractivity contribution is 5.17. The summed E-state index contributed by atoms with van der Waals surface area (Å²) in [7, 11) is 0. The zero-order chi connectivity index (χ0) is 35.1. The Hall–Kier alpha value is -1.54. The van der Waals surface area contributed by atoms with E-state index in [0.717, 1.165) is 5.56 Å². The standard InChI is InChI=1S/C30H49N5O14/c31-7-13-19(38)20(39)16(34)28(43-13)48-24-14(8-36)44-30(22(24)41)49-26-18(37)11(32)6-12(33)23(26)46-29-17(35)21(40)25-15(45-29)9-42-27(47-25)10-4-2-1-3-5-10/h1-5,11-30,36-41H,6-9,31-35H2/t11-,12+,13+,14+,15+,16-,17+,18+,19-,20-,21+,22+,23-,24+,25+,26-,27+,28-,29+,30-/m0/s1. The molecule has 0 unspecified atom stereocenters. The smallest absolute Gasteiger partial charge is 0.187 e. The Kier molecular flexibility index (Phi) is 11.8. The van der Waals surface area contributed by atoms with Gasteiger partial charge >= 0.3 is 0 Å². The van der Waals surface area contributed by atoms with Gasteiger partial charge in [-0.25, -0.2) is 0 Å². The average Bonchev–Trinajstić information content (AvgIpc) is 3.40. The lowest BCUT2D eigenvalue weighted by Gasteiger charge is -2.49. The second kappa shape index (κ2) is 15.6. The van der Waals surface area contributed by atoms with Crippen molar-refractivity contribution in [3.63, 3.8) is 0 Å². The summed E-state index contributed by atoms with van der Waals surface area (Å²) in [6, 6.07) is 5.16. The first-order chi connectivity index (χ1) is 23.4. The van der Waals surface area contributed by atoms with Crippen LogP contribution in [0.15, 0.2) is 30.3 Å². The van der Waals surface area contributed by atoms with Gasteiger partial charge in [-0.1, -0.05) is 30.3 Å². The Morgan fingerprint density at radius 2 is 1.29 bits per heavy atom. The van der Waals surface area contributed by atoms with Gasteiger partial charge in [0.1, 0.15) is 67.1 Å². The fourth-order valence-electron chi connectivity index (χ4n) is 6.99. The number of benzene rings is 1. The number of aliphatic hydroxyl groups is 6. The molecule has 1 aliphatic carbocycles. The Labute approximate surface area is 282 Å². The van der Waals surface area contributed by atoms with Crippen molar-refractivity contribution in [2.45, 2.75) is 129 Å². The van der Waals surface area contributed by atoms with Crippen molar-refractivity contribution in [3.05, 3.63) is 35.9 Å². The SMILES string of the molecule is NC[C@H]1O[C@@H](O[C@H]2[C@@H](O)[C@H](O[C@H]3[C@H](O)[C@@H](N)C[C@@H](N)[C@@H]3O[C@H]3O[C@@H]4CO[C@@H](c5ccccc5)O[C@H]4[C@H](O)[C@H]3N)O[C@@H]2CO)[C@@H](N)[C@H](O)[C@H]1O. The summed E-state index contributed by atoms with van der Waals surface area (Å²) in [6.45, 7) is -0.742. The third-order valence-corrected chi connectivity index (χ3v) is 9.88. The first-order valence-electron chi connectivity index (χ1n) is 16.4. The van der Waals surface area contributed by atoms with E-state index in [1.54, 1.807) is 0 Å². The van der Waals surface area contributed by atoms with Crippen molar-refractivity contribution in [2.24, 2.45) is 28.7 Å².